The molecule has 0 amide bonds. The van der Waals surface area contributed by atoms with Crippen molar-refractivity contribution in [2.75, 3.05) is 23.7 Å². The van der Waals surface area contributed by atoms with Gasteiger partial charge in [-0.15, -0.1) is 0 Å². The highest BCUT2D eigenvalue weighted by Crippen LogP contribution is 2.22. The van der Waals surface area contributed by atoms with Gasteiger partial charge in [0.15, 0.2) is 0 Å². The van der Waals surface area contributed by atoms with Gasteiger partial charge in [-0.2, -0.15) is 15.0 Å². The summed E-state index contributed by atoms with van der Waals surface area (Å²) >= 11 is 0. The second-order valence-electron chi connectivity index (χ2n) is 4.88. The van der Waals surface area contributed by atoms with Gasteiger partial charge in [-0.25, -0.2) is 21.9 Å². The van der Waals surface area contributed by atoms with Crippen LogP contribution in [0.15, 0.2) is 29.2 Å². The van der Waals surface area contributed by atoms with Gasteiger partial charge in [0.1, 0.15) is 5.82 Å². The molecule has 10 heteroatoms. The molecule has 1 aromatic carbocycles. The Hall–Kier alpha value is -2.36. The zero-order valence-corrected chi connectivity index (χ0v) is 13.5. The van der Waals surface area contributed by atoms with E-state index in [1.165, 1.54) is 12.1 Å². The molecule has 0 radical (unpaired) electrons. The topological polar surface area (TPSA) is 88.1 Å². The molecule has 0 atom stereocenters. The molecule has 0 saturated heterocycles. The Morgan fingerprint density at radius 3 is 2.48 bits per heavy atom. The van der Waals surface area contributed by atoms with Gasteiger partial charge in [0.05, 0.1) is 4.90 Å². The minimum Gasteiger partial charge on any atom is -0.347 e. The fourth-order valence-corrected chi connectivity index (χ4v) is 2.71. The van der Waals surface area contributed by atoms with Gasteiger partial charge in [0.2, 0.25) is 11.9 Å². The minimum atomic E-state index is -4.08. The maximum atomic E-state index is 12.7. The van der Waals surface area contributed by atoms with Crippen molar-refractivity contribution in [3.05, 3.63) is 35.7 Å². The van der Waals surface area contributed by atoms with Gasteiger partial charge in [-0.1, -0.05) is 12.1 Å². The molecule has 1 aromatic heterocycles. The molecule has 7 nitrogen and oxygen atoms in total. The van der Waals surface area contributed by atoms with Crippen LogP contribution >= 0.6 is 0 Å². The molecule has 0 aliphatic carbocycles. The summed E-state index contributed by atoms with van der Waals surface area (Å²) in [4.78, 5) is 13.2. The van der Waals surface area contributed by atoms with Crippen LogP contribution in [0.25, 0.3) is 0 Å². The van der Waals surface area contributed by atoms with E-state index in [0.717, 1.165) is 12.1 Å². The Labute approximate surface area is 132 Å². The highest BCUT2D eigenvalue weighted by molar-refractivity contribution is 7.92. The van der Waals surface area contributed by atoms with E-state index in [4.69, 9.17) is 0 Å². The van der Waals surface area contributed by atoms with Crippen LogP contribution in [0.2, 0.25) is 0 Å². The first-order chi connectivity index (χ1) is 10.7. The number of hydrogen-bond donors (Lipinski definition) is 1. The maximum absolute atomic E-state index is 12.7. The summed E-state index contributed by atoms with van der Waals surface area (Å²) in [5.41, 5.74) is -0.381. The number of nitrogens with zero attached hydrogens (tertiary/aromatic N) is 4. The second-order valence-corrected chi connectivity index (χ2v) is 6.56. The van der Waals surface area contributed by atoms with Crippen LogP contribution in [0, 0.1) is 6.92 Å². The van der Waals surface area contributed by atoms with Crippen molar-refractivity contribution in [2.45, 2.75) is 18.2 Å². The van der Waals surface area contributed by atoms with Crippen LogP contribution in [0.5, 0.6) is 0 Å². The fourth-order valence-electron chi connectivity index (χ4n) is 1.71. The molecule has 0 bridgehead atoms. The molecule has 2 rings (SSSR count). The number of alkyl halides is 2. The summed E-state index contributed by atoms with van der Waals surface area (Å²) in [7, 11) is -0.696. The van der Waals surface area contributed by atoms with Gasteiger partial charge in [-0.05, 0) is 19.1 Å². The Morgan fingerprint density at radius 2 is 1.87 bits per heavy atom. The van der Waals surface area contributed by atoms with Gasteiger partial charge in [0.25, 0.3) is 16.4 Å². The quantitative estimate of drug-likeness (QED) is 0.893. The first-order valence-electron chi connectivity index (χ1n) is 6.50. The monoisotopic (exact) mass is 343 g/mol. The summed E-state index contributed by atoms with van der Waals surface area (Å²) in [5, 5.41) is 0. The summed E-state index contributed by atoms with van der Waals surface area (Å²) < 4.78 is 52.2. The number of benzene rings is 1. The van der Waals surface area contributed by atoms with Gasteiger partial charge in [-0.3, -0.25) is 0 Å². The van der Waals surface area contributed by atoms with Crippen LogP contribution in [0.4, 0.5) is 20.7 Å². The lowest BCUT2D eigenvalue weighted by Crippen LogP contribution is -2.19. The number of rotatable bonds is 5. The molecule has 0 unspecified atom stereocenters. The smallest absolute Gasteiger partial charge is 0.264 e. The maximum Gasteiger partial charge on any atom is 0.264 e. The van der Waals surface area contributed by atoms with Crippen LogP contribution in [-0.4, -0.2) is 37.5 Å². The Balaban J connectivity index is 2.37. The van der Waals surface area contributed by atoms with E-state index >= 15 is 0 Å². The third kappa shape index (κ3) is 4.09. The van der Waals surface area contributed by atoms with Crippen molar-refractivity contribution in [1.82, 2.24) is 15.0 Å². The van der Waals surface area contributed by atoms with Crippen molar-refractivity contribution in [1.29, 1.82) is 0 Å². The molecule has 0 saturated carbocycles. The molecular weight excluding hydrogens is 328 g/mol. The van der Waals surface area contributed by atoms with Crippen molar-refractivity contribution in [3.63, 3.8) is 0 Å². The standard InChI is InChI=1S/C13H15F2N5O2S/c1-8-16-12(18-13(17-8)20(2)3)19-23(21,22)10-6-4-5-9(7-10)11(14)15/h4-7,11H,1-3H3,(H,16,17,18,19). The van der Waals surface area contributed by atoms with Crippen LogP contribution in [-0.2, 0) is 10.0 Å². The normalized spacial score (nSPS) is 11.6. The molecule has 0 fully saturated rings. The lowest BCUT2D eigenvalue weighted by Gasteiger charge is -2.13. The van der Waals surface area contributed by atoms with Gasteiger partial charge >= 0.3 is 0 Å². The predicted molar refractivity (Wildman–Crippen MR) is 81.1 cm³/mol. The van der Waals surface area contributed by atoms with E-state index in [0.29, 0.717) is 5.82 Å². The molecule has 0 spiro atoms. The highest BCUT2D eigenvalue weighted by Gasteiger charge is 2.19. The lowest BCUT2D eigenvalue weighted by molar-refractivity contribution is 0.151. The predicted octanol–water partition coefficient (Wildman–Crippen LogP) is 1.98. The zero-order chi connectivity index (χ0) is 17.2. The summed E-state index contributed by atoms with van der Waals surface area (Å²) in [6.45, 7) is 1.59. The van der Waals surface area contributed by atoms with Crippen molar-refractivity contribution in [2.24, 2.45) is 0 Å². The fraction of sp³-hybridized carbons (Fsp3) is 0.308. The van der Waals surface area contributed by atoms with E-state index in [1.54, 1.807) is 25.9 Å². The number of hydrogen-bond acceptors (Lipinski definition) is 6. The van der Waals surface area contributed by atoms with Crippen molar-refractivity contribution in [3.8, 4) is 0 Å². The number of nitrogens with one attached hydrogen (secondary N) is 1. The molecule has 2 aromatic rings. The van der Waals surface area contributed by atoms with E-state index in [9.17, 15) is 17.2 Å². The third-order valence-corrected chi connectivity index (χ3v) is 4.11. The number of aromatic nitrogens is 3. The molecule has 1 heterocycles. The SMILES string of the molecule is Cc1nc(NS(=O)(=O)c2cccc(C(F)F)c2)nc(N(C)C)n1. The zero-order valence-electron chi connectivity index (χ0n) is 12.7. The lowest BCUT2D eigenvalue weighted by atomic mass is 10.2. The van der Waals surface area contributed by atoms with Crippen LogP contribution in [0.1, 0.15) is 17.8 Å². The Kier molecular flexibility index (Phi) is 4.73. The first kappa shape index (κ1) is 17.0. The molecular formula is C13H15F2N5O2S. The second kappa shape index (κ2) is 6.41. The van der Waals surface area contributed by atoms with E-state index < -0.39 is 16.4 Å². The molecule has 23 heavy (non-hydrogen) atoms. The van der Waals surface area contributed by atoms with Crippen molar-refractivity contribution < 1.29 is 17.2 Å². The molecule has 0 aliphatic rings. The average molecular weight is 343 g/mol. The minimum absolute atomic E-state index is 0.177. The average Bonchev–Trinajstić information content (AvgIpc) is 2.46. The number of sulfonamides is 1. The van der Waals surface area contributed by atoms with E-state index in [2.05, 4.69) is 19.7 Å². The number of anilines is 2. The number of aryl methyl sites for hydroxylation is 1. The van der Waals surface area contributed by atoms with Crippen LogP contribution < -0.4 is 9.62 Å². The summed E-state index contributed by atoms with van der Waals surface area (Å²) in [6.07, 6.45) is -2.76. The molecule has 1 N–H and O–H groups in total. The molecule has 124 valence electrons. The first-order valence-corrected chi connectivity index (χ1v) is 7.98. The highest BCUT2D eigenvalue weighted by atomic mass is 32.2. The summed E-state index contributed by atoms with van der Waals surface area (Å²) in [6, 6.07) is 4.53. The molecule has 0 aliphatic heterocycles. The number of halogens is 2. The van der Waals surface area contributed by atoms with E-state index in [1.807, 2.05) is 0 Å². The third-order valence-electron chi connectivity index (χ3n) is 2.78. The Morgan fingerprint density at radius 1 is 1.17 bits per heavy atom. The Bertz CT molecular complexity index is 812. The van der Waals surface area contributed by atoms with Gasteiger partial charge in [0, 0.05) is 19.7 Å². The van der Waals surface area contributed by atoms with Crippen LogP contribution in [0.3, 0.4) is 0 Å². The van der Waals surface area contributed by atoms with Gasteiger partial charge < -0.3 is 4.90 Å². The van der Waals surface area contributed by atoms with E-state index in [-0.39, 0.29) is 22.4 Å². The van der Waals surface area contributed by atoms with Crippen molar-refractivity contribution >= 4 is 21.9 Å². The largest absolute Gasteiger partial charge is 0.347 e. The summed E-state index contributed by atoms with van der Waals surface area (Å²) in [5.74, 6) is 0.419.